The van der Waals surface area contributed by atoms with Crippen molar-refractivity contribution in [1.82, 2.24) is 0 Å². The summed E-state index contributed by atoms with van der Waals surface area (Å²) in [5, 5.41) is 2.56. The Balaban J connectivity index is 1.69. The number of sulfonamides is 1. The van der Waals surface area contributed by atoms with E-state index in [1.807, 2.05) is 0 Å². The Labute approximate surface area is 193 Å². The highest BCUT2D eigenvalue weighted by Gasteiger charge is 2.30. The van der Waals surface area contributed by atoms with Gasteiger partial charge in [-0.15, -0.1) is 0 Å². The number of hydrogen-bond donors (Lipinski definition) is 2. The van der Waals surface area contributed by atoms with Crippen LogP contribution >= 0.6 is 0 Å². The number of hydrogen-bond acceptors (Lipinski definition) is 4. The fourth-order valence-electron chi connectivity index (χ4n) is 2.93. The van der Waals surface area contributed by atoms with Gasteiger partial charge < -0.3 is 10.1 Å². The standard InChI is InChI=1S/C23H20F4N2O4S/c1-2-20(33-21-9-4-3-8-19(21)24)22(30)28-16-10-12-18(13-11-16)34(31,32)29-17-7-5-6-15(14-17)23(25,26)27/h3-14,20,29H,2H2,1H3,(H,28,30)/t20-/m0/s1. The molecule has 0 saturated carbocycles. The van der Waals surface area contributed by atoms with E-state index in [1.54, 1.807) is 13.0 Å². The number of amides is 1. The second kappa shape index (κ2) is 10.1. The molecule has 0 radical (unpaired) electrons. The zero-order valence-electron chi connectivity index (χ0n) is 17.8. The molecule has 0 unspecified atom stereocenters. The molecular weight excluding hydrogens is 476 g/mol. The summed E-state index contributed by atoms with van der Waals surface area (Å²) in [6.07, 6.45) is -5.37. The molecule has 0 spiro atoms. The van der Waals surface area contributed by atoms with Crippen molar-refractivity contribution in [3.8, 4) is 5.75 Å². The minimum Gasteiger partial charge on any atom is -0.478 e. The second-order valence-electron chi connectivity index (χ2n) is 7.14. The number of benzene rings is 3. The molecular formula is C23H20F4N2O4S. The predicted octanol–water partition coefficient (Wildman–Crippen LogP) is 5.44. The highest BCUT2D eigenvalue weighted by atomic mass is 32.2. The van der Waals surface area contributed by atoms with Crippen LogP contribution in [0.1, 0.15) is 18.9 Å². The quantitative estimate of drug-likeness (QED) is 0.407. The van der Waals surface area contributed by atoms with Gasteiger partial charge in [0.05, 0.1) is 10.5 Å². The van der Waals surface area contributed by atoms with Crippen molar-refractivity contribution in [1.29, 1.82) is 0 Å². The highest BCUT2D eigenvalue weighted by molar-refractivity contribution is 7.92. The van der Waals surface area contributed by atoms with Gasteiger partial charge >= 0.3 is 6.18 Å². The van der Waals surface area contributed by atoms with E-state index < -0.39 is 39.6 Å². The number of carbonyl (C=O) groups is 1. The summed E-state index contributed by atoms with van der Waals surface area (Å²) in [7, 11) is -4.18. The van der Waals surface area contributed by atoms with Crippen molar-refractivity contribution in [3.63, 3.8) is 0 Å². The molecule has 0 heterocycles. The number of nitrogens with one attached hydrogen (secondary N) is 2. The van der Waals surface area contributed by atoms with Crippen LogP contribution < -0.4 is 14.8 Å². The van der Waals surface area contributed by atoms with Gasteiger partial charge in [0.15, 0.2) is 17.7 Å². The van der Waals surface area contributed by atoms with Gasteiger partial charge in [-0.1, -0.05) is 25.1 Å². The van der Waals surface area contributed by atoms with Crippen LogP contribution in [0.4, 0.5) is 28.9 Å². The first-order chi connectivity index (χ1) is 16.0. The van der Waals surface area contributed by atoms with E-state index in [2.05, 4.69) is 10.0 Å². The number of rotatable bonds is 8. The Kier molecular flexibility index (Phi) is 7.45. The van der Waals surface area contributed by atoms with Crippen LogP contribution in [0, 0.1) is 5.82 Å². The van der Waals surface area contributed by atoms with Gasteiger partial charge in [0, 0.05) is 11.4 Å². The van der Waals surface area contributed by atoms with Crippen molar-refractivity contribution in [3.05, 3.63) is 84.2 Å². The van der Waals surface area contributed by atoms with Gasteiger partial charge in [0.1, 0.15) is 0 Å². The molecule has 3 aromatic rings. The van der Waals surface area contributed by atoms with Gasteiger partial charge in [0.2, 0.25) is 0 Å². The third-order valence-corrected chi connectivity index (χ3v) is 6.04. The third kappa shape index (κ3) is 6.25. The molecule has 1 amide bonds. The number of halogens is 4. The molecule has 0 bridgehead atoms. The third-order valence-electron chi connectivity index (χ3n) is 4.64. The monoisotopic (exact) mass is 496 g/mol. The number of carbonyl (C=O) groups excluding carboxylic acids is 1. The molecule has 1 atom stereocenters. The summed E-state index contributed by atoms with van der Waals surface area (Å²) in [6, 6.07) is 14.4. The molecule has 0 fully saturated rings. The van der Waals surface area contributed by atoms with E-state index in [4.69, 9.17) is 4.74 Å². The summed E-state index contributed by atoms with van der Waals surface area (Å²) in [6.45, 7) is 1.68. The molecule has 6 nitrogen and oxygen atoms in total. The van der Waals surface area contributed by atoms with E-state index in [0.29, 0.717) is 6.07 Å². The fraction of sp³-hybridized carbons (Fsp3) is 0.174. The maximum absolute atomic E-state index is 13.8. The van der Waals surface area contributed by atoms with Gasteiger partial charge in [-0.3, -0.25) is 9.52 Å². The molecule has 2 N–H and O–H groups in total. The molecule has 34 heavy (non-hydrogen) atoms. The molecule has 11 heteroatoms. The van der Waals surface area contributed by atoms with Crippen LogP contribution in [0.5, 0.6) is 5.75 Å². The second-order valence-corrected chi connectivity index (χ2v) is 8.83. The van der Waals surface area contributed by atoms with Gasteiger partial charge in [-0.2, -0.15) is 13.2 Å². The van der Waals surface area contributed by atoms with Crippen molar-refractivity contribution in [2.45, 2.75) is 30.5 Å². The van der Waals surface area contributed by atoms with Crippen molar-refractivity contribution >= 4 is 27.3 Å². The zero-order chi connectivity index (χ0) is 24.9. The van der Waals surface area contributed by atoms with Crippen molar-refractivity contribution in [2.24, 2.45) is 0 Å². The summed E-state index contributed by atoms with van der Waals surface area (Å²) < 4.78 is 85.0. The topological polar surface area (TPSA) is 84.5 Å². The van der Waals surface area contributed by atoms with E-state index in [-0.39, 0.29) is 28.4 Å². The van der Waals surface area contributed by atoms with Crippen molar-refractivity contribution < 1.29 is 35.5 Å². The molecule has 0 aromatic heterocycles. The molecule has 3 aromatic carbocycles. The average Bonchev–Trinajstić information content (AvgIpc) is 2.78. The fourth-order valence-corrected chi connectivity index (χ4v) is 3.98. The van der Waals surface area contributed by atoms with Crippen molar-refractivity contribution in [2.75, 3.05) is 10.0 Å². The van der Waals surface area contributed by atoms with E-state index in [1.165, 1.54) is 48.5 Å². The molecule has 3 rings (SSSR count). The molecule has 0 aliphatic rings. The summed E-state index contributed by atoms with van der Waals surface area (Å²) in [5.41, 5.74) is -0.990. The summed E-state index contributed by atoms with van der Waals surface area (Å²) in [5.74, 6) is -1.26. The number of anilines is 2. The van der Waals surface area contributed by atoms with Crippen LogP contribution in [-0.2, 0) is 21.0 Å². The lowest BCUT2D eigenvalue weighted by Gasteiger charge is -2.18. The lowest BCUT2D eigenvalue weighted by Crippen LogP contribution is -2.32. The normalized spacial score (nSPS) is 12.6. The lowest BCUT2D eigenvalue weighted by molar-refractivity contribution is -0.137. The molecule has 180 valence electrons. The Hall–Kier alpha value is -3.60. The Morgan fingerprint density at radius 1 is 0.971 bits per heavy atom. The first kappa shape index (κ1) is 25.0. The smallest absolute Gasteiger partial charge is 0.416 e. The Morgan fingerprint density at radius 3 is 2.26 bits per heavy atom. The van der Waals surface area contributed by atoms with Gasteiger partial charge in [-0.25, -0.2) is 12.8 Å². The Bertz CT molecular complexity index is 1260. The molecule has 0 saturated heterocycles. The highest BCUT2D eigenvalue weighted by Crippen LogP contribution is 2.31. The molecule has 0 aliphatic carbocycles. The van der Waals surface area contributed by atoms with Crippen LogP contribution in [0.3, 0.4) is 0 Å². The van der Waals surface area contributed by atoms with E-state index in [0.717, 1.165) is 12.1 Å². The summed E-state index contributed by atoms with van der Waals surface area (Å²) in [4.78, 5) is 12.3. The van der Waals surface area contributed by atoms with Crippen LogP contribution in [0.25, 0.3) is 0 Å². The summed E-state index contributed by atoms with van der Waals surface area (Å²) >= 11 is 0. The van der Waals surface area contributed by atoms with E-state index in [9.17, 15) is 30.8 Å². The first-order valence-electron chi connectivity index (χ1n) is 10.0. The lowest BCUT2D eigenvalue weighted by atomic mass is 10.2. The maximum atomic E-state index is 13.8. The van der Waals surface area contributed by atoms with Gasteiger partial charge in [-0.05, 0) is 61.0 Å². The first-order valence-corrected chi connectivity index (χ1v) is 11.5. The maximum Gasteiger partial charge on any atom is 0.416 e. The minimum absolute atomic E-state index is 0.0772. The number of alkyl halides is 3. The molecule has 0 aliphatic heterocycles. The van der Waals surface area contributed by atoms with Crippen LogP contribution in [0.2, 0.25) is 0 Å². The van der Waals surface area contributed by atoms with Crippen LogP contribution in [0.15, 0.2) is 77.7 Å². The SMILES string of the molecule is CC[C@H](Oc1ccccc1F)C(=O)Nc1ccc(S(=O)(=O)Nc2cccc(C(F)(F)F)c2)cc1. The largest absolute Gasteiger partial charge is 0.478 e. The average molecular weight is 496 g/mol. The van der Waals surface area contributed by atoms with Crippen LogP contribution in [-0.4, -0.2) is 20.4 Å². The predicted molar refractivity (Wildman–Crippen MR) is 118 cm³/mol. The Morgan fingerprint density at radius 2 is 1.65 bits per heavy atom. The number of para-hydroxylation sites is 1. The number of ether oxygens (including phenoxy) is 1. The van der Waals surface area contributed by atoms with E-state index >= 15 is 0 Å². The van der Waals surface area contributed by atoms with Gasteiger partial charge in [0.25, 0.3) is 15.9 Å². The zero-order valence-corrected chi connectivity index (χ0v) is 18.6. The minimum atomic E-state index is -4.62.